The lowest BCUT2D eigenvalue weighted by atomic mass is 10.0. The number of aromatic nitrogens is 4. The Labute approximate surface area is 196 Å². The van der Waals surface area contributed by atoms with Gasteiger partial charge in [0.1, 0.15) is 23.4 Å². The number of carbonyl (C=O) groups is 1. The highest BCUT2D eigenvalue weighted by atomic mass is 32.1. The molecule has 1 unspecified atom stereocenters. The van der Waals surface area contributed by atoms with E-state index in [1.165, 1.54) is 11.3 Å². The first-order chi connectivity index (χ1) is 15.9. The largest absolute Gasteiger partial charge is 0.497 e. The molecule has 0 aliphatic heterocycles. The minimum absolute atomic E-state index is 0.150. The maximum atomic E-state index is 13.1. The molecule has 0 spiro atoms. The van der Waals surface area contributed by atoms with Crippen molar-refractivity contribution in [3.05, 3.63) is 76.6 Å². The van der Waals surface area contributed by atoms with Crippen LogP contribution in [0, 0.1) is 13.8 Å². The number of rotatable bonds is 8. The number of amides is 1. The van der Waals surface area contributed by atoms with Crippen molar-refractivity contribution in [2.24, 2.45) is 7.05 Å². The van der Waals surface area contributed by atoms with Gasteiger partial charge in [0.25, 0.3) is 0 Å². The van der Waals surface area contributed by atoms with E-state index in [9.17, 15) is 4.79 Å². The predicted octanol–water partition coefficient (Wildman–Crippen LogP) is 3.75. The number of methoxy groups -OCH3 is 2. The Morgan fingerprint density at radius 3 is 2.36 bits per heavy atom. The van der Waals surface area contributed by atoms with Crippen LogP contribution in [0.1, 0.15) is 34.5 Å². The lowest BCUT2D eigenvalue weighted by Gasteiger charge is -2.20. The number of hydrogen-bond acceptors (Lipinski definition) is 6. The summed E-state index contributed by atoms with van der Waals surface area (Å²) in [6.45, 7) is 4.08. The van der Waals surface area contributed by atoms with Crippen LogP contribution in [0.5, 0.6) is 11.5 Å². The van der Waals surface area contributed by atoms with E-state index < -0.39 is 6.04 Å². The Bertz CT molecular complexity index is 1230. The fraction of sp³-hybridized carbons (Fsp3) is 0.292. The zero-order valence-corrected chi connectivity index (χ0v) is 20.1. The lowest BCUT2D eigenvalue weighted by Crippen LogP contribution is -2.32. The Morgan fingerprint density at radius 2 is 1.79 bits per heavy atom. The van der Waals surface area contributed by atoms with Gasteiger partial charge in [-0.05, 0) is 43.7 Å². The predicted molar refractivity (Wildman–Crippen MR) is 127 cm³/mol. The first-order valence-corrected chi connectivity index (χ1v) is 11.4. The second-order valence-electron chi connectivity index (χ2n) is 7.79. The van der Waals surface area contributed by atoms with E-state index in [1.54, 1.807) is 26.5 Å². The van der Waals surface area contributed by atoms with Crippen molar-refractivity contribution in [3.8, 4) is 16.6 Å². The third kappa shape index (κ3) is 4.78. The maximum absolute atomic E-state index is 13.1. The Balaban J connectivity index is 1.59. The summed E-state index contributed by atoms with van der Waals surface area (Å²) in [5.74, 6) is 1.83. The fourth-order valence-electron chi connectivity index (χ4n) is 3.78. The third-order valence-electron chi connectivity index (χ3n) is 5.47. The van der Waals surface area contributed by atoms with Crippen LogP contribution >= 0.6 is 11.3 Å². The van der Waals surface area contributed by atoms with Crippen LogP contribution in [0.25, 0.3) is 5.13 Å². The van der Waals surface area contributed by atoms with Crippen molar-refractivity contribution in [1.29, 1.82) is 0 Å². The van der Waals surface area contributed by atoms with E-state index in [1.807, 2.05) is 49.2 Å². The van der Waals surface area contributed by atoms with Crippen molar-refractivity contribution in [1.82, 2.24) is 24.4 Å². The highest BCUT2D eigenvalue weighted by Crippen LogP contribution is 2.29. The maximum Gasteiger partial charge on any atom is 0.226 e. The zero-order chi connectivity index (χ0) is 23.5. The molecular formula is C24H27N5O3S. The first-order valence-electron chi connectivity index (χ1n) is 10.5. The molecule has 1 aromatic carbocycles. The van der Waals surface area contributed by atoms with E-state index in [-0.39, 0.29) is 12.3 Å². The Morgan fingerprint density at radius 1 is 1.12 bits per heavy atom. The summed E-state index contributed by atoms with van der Waals surface area (Å²) >= 11 is 1.53. The molecule has 33 heavy (non-hydrogen) atoms. The van der Waals surface area contributed by atoms with Gasteiger partial charge in [-0.15, -0.1) is 11.3 Å². The summed E-state index contributed by atoms with van der Waals surface area (Å²) in [6, 6.07) is 9.18. The summed E-state index contributed by atoms with van der Waals surface area (Å²) in [5.41, 5.74) is 3.76. The summed E-state index contributed by atoms with van der Waals surface area (Å²) in [4.78, 5) is 22.2. The van der Waals surface area contributed by atoms with Crippen molar-refractivity contribution < 1.29 is 14.3 Å². The number of aryl methyl sites for hydroxylation is 3. The molecule has 0 aliphatic rings. The molecule has 4 aromatic rings. The van der Waals surface area contributed by atoms with E-state index >= 15 is 0 Å². The minimum Gasteiger partial charge on any atom is -0.497 e. The molecule has 9 heteroatoms. The molecule has 1 atom stereocenters. The SMILES string of the molecule is COc1cc(OC)cc(C(NC(=O)Cc2csc(-n3c(C)ccc3C)n2)c2nccn2C)c1. The molecule has 172 valence electrons. The van der Waals surface area contributed by atoms with Crippen molar-refractivity contribution in [2.45, 2.75) is 26.3 Å². The Kier molecular flexibility index (Phi) is 6.50. The molecule has 0 bridgehead atoms. The van der Waals surface area contributed by atoms with Crippen LogP contribution in [-0.4, -0.2) is 39.2 Å². The highest BCUT2D eigenvalue weighted by Gasteiger charge is 2.23. The summed E-state index contributed by atoms with van der Waals surface area (Å²) in [5, 5.41) is 5.90. The number of nitrogens with one attached hydrogen (secondary N) is 1. The van der Waals surface area contributed by atoms with E-state index in [0.29, 0.717) is 17.3 Å². The average molecular weight is 466 g/mol. The number of carbonyl (C=O) groups excluding carboxylic acids is 1. The normalized spacial score (nSPS) is 11.9. The van der Waals surface area contributed by atoms with Gasteiger partial charge in [0.15, 0.2) is 5.13 Å². The lowest BCUT2D eigenvalue weighted by molar-refractivity contribution is -0.121. The molecular weight excluding hydrogens is 438 g/mol. The first kappa shape index (κ1) is 22.6. The van der Waals surface area contributed by atoms with Gasteiger partial charge in [-0.25, -0.2) is 9.97 Å². The fourth-order valence-corrected chi connectivity index (χ4v) is 4.72. The number of benzene rings is 1. The van der Waals surface area contributed by atoms with Crippen LogP contribution in [-0.2, 0) is 18.3 Å². The molecule has 0 fully saturated rings. The zero-order valence-electron chi connectivity index (χ0n) is 19.3. The Hall–Kier alpha value is -3.59. The minimum atomic E-state index is -0.478. The van der Waals surface area contributed by atoms with Crippen molar-refractivity contribution >= 4 is 17.2 Å². The number of nitrogens with zero attached hydrogens (tertiary/aromatic N) is 4. The summed E-state index contributed by atoms with van der Waals surface area (Å²) in [7, 11) is 5.09. The molecule has 0 saturated carbocycles. The van der Waals surface area contributed by atoms with Gasteiger partial charge in [0, 0.05) is 42.3 Å². The van der Waals surface area contributed by atoms with Gasteiger partial charge in [-0.3, -0.25) is 9.36 Å². The van der Waals surface area contributed by atoms with Crippen LogP contribution < -0.4 is 14.8 Å². The van der Waals surface area contributed by atoms with Crippen LogP contribution in [0.2, 0.25) is 0 Å². The molecule has 1 N–H and O–H groups in total. The molecule has 0 aliphatic carbocycles. The van der Waals surface area contributed by atoms with E-state index in [0.717, 1.165) is 27.8 Å². The smallest absolute Gasteiger partial charge is 0.226 e. The van der Waals surface area contributed by atoms with Gasteiger partial charge in [-0.2, -0.15) is 0 Å². The molecule has 3 heterocycles. The molecule has 4 rings (SSSR count). The molecule has 8 nitrogen and oxygen atoms in total. The summed E-state index contributed by atoms with van der Waals surface area (Å²) < 4.78 is 14.8. The van der Waals surface area contributed by atoms with E-state index in [4.69, 9.17) is 9.47 Å². The quantitative estimate of drug-likeness (QED) is 0.429. The van der Waals surface area contributed by atoms with Gasteiger partial charge in [-0.1, -0.05) is 0 Å². The topological polar surface area (TPSA) is 83.2 Å². The van der Waals surface area contributed by atoms with Gasteiger partial charge in [0.2, 0.25) is 5.91 Å². The third-order valence-corrected chi connectivity index (χ3v) is 6.35. The average Bonchev–Trinajstić information content (AvgIpc) is 3.52. The standard InChI is InChI=1S/C24H27N5O3S/c1-15-6-7-16(2)29(15)24-26-18(14-33-24)12-21(30)27-22(23-25-8-9-28(23)3)17-10-19(31-4)13-20(11-17)32-5/h6-11,13-14,22H,12H2,1-5H3,(H,27,30). The molecule has 3 aromatic heterocycles. The van der Waals surface area contributed by atoms with Crippen LogP contribution in [0.3, 0.4) is 0 Å². The van der Waals surface area contributed by atoms with Gasteiger partial charge < -0.3 is 19.4 Å². The molecule has 1 amide bonds. The second kappa shape index (κ2) is 9.50. The molecule has 0 radical (unpaired) electrons. The highest BCUT2D eigenvalue weighted by molar-refractivity contribution is 7.12. The number of hydrogen-bond donors (Lipinski definition) is 1. The van der Waals surface area contributed by atoms with Gasteiger partial charge in [0.05, 0.1) is 26.3 Å². The summed E-state index contributed by atoms with van der Waals surface area (Å²) in [6.07, 6.45) is 3.72. The second-order valence-corrected chi connectivity index (χ2v) is 8.63. The van der Waals surface area contributed by atoms with Crippen molar-refractivity contribution in [2.75, 3.05) is 14.2 Å². The van der Waals surface area contributed by atoms with Crippen molar-refractivity contribution in [3.63, 3.8) is 0 Å². The van der Waals surface area contributed by atoms with Crippen LogP contribution in [0.15, 0.2) is 48.1 Å². The molecule has 0 saturated heterocycles. The van der Waals surface area contributed by atoms with E-state index in [2.05, 4.69) is 32.0 Å². The monoisotopic (exact) mass is 465 g/mol. The van der Waals surface area contributed by atoms with Gasteiger partial charge >= 0.3 is 0 Å². The number of thiazole rings is 1. The number of ether oxygens (including phenoxy) is 2. The van der Waals surface area contributed by atoms with Crippen LogP contribution in [0.4, 0.5) is 0 Å². The number of imidazole rings is 1.